The number of carbonyl (C=O) groups is 1. The molecule has 0 radical (unpaired) electrons. The van der Waals surface area contributed by atoms with Crippen LogP contribution < -0.4 is 15.2 Å². The van der Waals surface area contributed by atoms with Crippen molar-refractivity contribution in [1.29, 1.82) is 0 Å². The Balaban J connectivity index is 1.86. The van der Waals surface area contributed by atoms with Gasteiger partial charge in [-0.05, 0) is 17.7 Å². The molecule has 0 amide bonds. The van der Waals surface area contributed by atoms with Gasteiger partial charge in [0.25, 0.3) is 0 Å². The maximum atomic E-state index is 12.8. The van der Waals surface area contributed by atoms with Crippen LogP contribution in [0.3, 0.4) is 0 Å². The van der Waals surface area contributed by atoms with Gasteiger partial charge < -0.3 is 24.1 Å². The van der Waals surface area contributed by atoms with Gasteiger partial charge in [0, 0.05) is 0 Å². The lowest BCUT2D eigenvalue weighted by molar-refractivity contribution is -0.123. The Bertz CT molecular complexity index is 994. The van der Waals surface area contributed by atoms with E-state index in [1.54, 1.807) is 48.5 Å². The molecule has 1 atom stereocenters. The number of rotatable bonds is 7. The quantitative estimate of drug-likeness (QED) is 0.696. The molecule has 2 N–H and O–H groups in total. The Hall–Kier alpha value is -3.20. The third-order valence-electron chi connectivity index (χ3n) is 4.06. The van der Waals surface area contributed by atoms with Crippen molar-refractivity contribution in [3.8, 4) is 11.5 Å². The number of carbonyl (C=O) groups excluding carboxylic acids is 1. The molecule has 2 aromatic carbocycles. The van der Waals surface area contributed by atoms with Crippen LogP contribution in [0.15, 0.2) is 60.2 Å². The number of ketones is 1. The monoisotopic (exact) mass is 405 g/mol. The van der Waals surface area contributed by atoms with E-state index in [2.05, 4.69) is 0 Å². The summed E-state index contributed by atoms with van der Waals surface area (Å²) in [6, 6.07) is 13.3. The fourth-order valence-corrected chi connectivity index (χ4v) is 3.90. The van der Waals surface area contributed by atoms with Gasteiger partial charge in [0.2, 0.25) is 17.4 Å². The smallest absolute Gasteiger partial charge is 0.313 e. The van der Waals surface area contributed by atoms with E-state index in [0.29, 0.717) is 22.6 Å². The average Bonchev–Trinajstić information content (AvgIpc) is 2.95. The van der Waals surface area contributed by atoms with Gasteiger partial charge in [0.1, 0.15) is 17.3 Å². The first-order chi connectivity index (χ1) is 13.4. The molecule has 0 bridgehead atoms. The zero-order chi connectivity index (χ0) is 20.3. The SMILES string of the molecule is COc1cccc(OC)c1C1OC(N)=C(OS(=O)(=O)Cc2ccccc2)C1=O. The van der Waals surface area contributed by atoms with Crippen LogP contribution in [-0.4, -0.2) is 28.4 Å². The van der Waals surface area contributed by atoms with Gasteiger partial charge in [0.15, 0.2) is 6.10 Å². The molecule has 3 rings (SSSR count). The van der Waals surface area contributed by atoms with Crippen LogP contribution in [0.2, 0.25) is 0 Å². The van der Waals surface area contributed by atoms with E-state index in [0.717, 1.165) is 0 Å². The summed E-state index contributed by atoms with van der Waals surface area (Å²) in [5.41, 5.74) is 6.55. The van der Waals surface area contributed by atoms with Gasteiger partial charge in [-0.25, -0.2) is 0 Å². The van der Waals surface area contributed by atoms with Crippen LogP contribution in [0.4, 0.5) is 0 Å². The molecule has 1 aliphatic rings. The van der Waals surface area contributed by atoms with E-state index < -0.39 is 39.4 Å². The van der Waals surface area contributed by atoms with Crippen molar-refractivity contribution in [2.24, 2.45) is 5.73 Å². The molecule has 0 aromatic heterocycles. The van der Waals surface area contributed by atoms with Crippen molar-refractivity contribution in [3.63, 3.8) is 0 Å². The largest absolute Gasteiger partial charge is 0.496 e. The molecule has 9 heteroatoms. The van der Waals surface area contributed by atoms with E-state index in [-0.39, 0.29) is 0 Å². The first kappa shape index (κ1) is 19.6. The minimum Gasteiger partial charge on any atom is -0.496 e. The molecule has 0 saturated heterocycles. The molecule has 1 heterocycles. The van der Waals surface area contributed by atoms with Gasteiger partial charge in [0.05, 0.1) is 19.8 Å². The zero-order valence-electron chi connectivity index (χ0n) is 15.2. The number of benzene rings is 2. The molecule has 0 spiro atoms. The molecule has 148 valence electrons. The van der Waals surface area contributed by atoms with Crippen molar-refractivity contribution >= 4 is 15.9 Å². The Morgan fingerprint density at radius 2 is 1.61 bits per heavy atom. The van der Waals surface area contributed by atoms with Crippen LogP contribution >= 0.6 is 0 Å². The molecular weight excluding hydrogens is 386 g/mol. The summed E-state index contributed by atoms with van der Waals surface area (Å²) in [5.74, 6) is -1.47. The molecule has 1 unspecified atom stereocenters. The van der Waals surface area contributed by atoms with Crippen LogP contribution in [0, 0.1) is 0 Å². The lowest BCUT2D eigenvalue weighted by Gasteiger charge is -2.17. The first-order valence-corrected chi connectivity index (χ1v) is 9.81. The Morgan fingerprint density at radius 3 is 2.18 bits per heavy atom. The van der Waals surface area contributed by atoms with Gasteiger partial charge in [-0.15, -0.1) is 0 Å². The first-order valence-electron chi connectivity index (χ1n) is 8.24. The molecule has 0 fully saturated rings. The van der Waals surface area contributed by atoms with E-state index >= 15 is 0 Å². The van der Waals surface area contributed by atoms with E-state index in [1.807, 2.05) is 0 Å². The number of hydrogen-bond acceptors (Lipinski definition) is 8. The average molecular weight is 405 g/mol. The maximum absolute atomic E-state index is 12.8. The highest BCUT2D eigenvalue weighted by Crippen LogP contribution is 2.41. The van der Waals surface area contributed by atoms with Gasteiger partial charge in [-0.1, -0.05) is 36.4 Å². The molecule has 0 aliphatic carbocycles. The second kappa shape index (κ2) is 7.81. The van der Waals surface area contributed by atoms with E-state index in [4.69, 9.17) is 24.1 Å². The van der Waals surface area contributed by atoms with Crippen molar-refractivity contribution in [2.75, 3.05) is 14.2 Å². The highest BCUT2D eigenvalue weighted by Gasteiger charge is 2.42. The minimum atomic E-state index is -4.12. The summed E-state index contributed by atoms with van der Waals surface area (Å²) in [6.07, 6.45) is -1.24. The highest BCUT2D eigenvalue weighted by molar-refractivity contribution is 7.86. The summed E-state index contributed by atoms with van der Waals surface area (Å²) in [6.45, 7) is 0. The number of methoxy groups -OCH3 is 2. The summed E-state index contributed by atoms with van der Waals surface area (Å²) in [7, 11) is -1.27. The van der Waals surface area contributed by atoms with Crippen molar-refractivity contribution < 1.29 is 31.6 Å². The van der Waals surface area contributed by atoms with Crippen molar-refractivity contribution in [2.45, 2.75) is 11.9 Å². The summed E-state index contributed by atoms with van der Waals surface area (Å²) >= 11 is 0. The number of nitrogens with two attached hydrogens (primary N) is 1. The molecule has 1 aliphatic heterocycles. The normalized spacial score (nSPS) is 16.6. The zero-order valence-corrected chi connectivity index (χ0v) is 16.1. The topological polar surface area (TPSA) is 114 Å². The second-order valence-corrected chi connectivity index (χ2v) is 7.47. The Morgan fingerprint density at radius 1 is 1.00 bits per heavy atom. The third kappa shape index (κ3) is 3.89. The summed E-state index contributed by atoms with van der Waals surface area (Å²) in [4.78, 5) is 12.8. The number of ether oxygens (including phenoxy) is 3. The van der Waals surface area contributed by atoms with Gasteiger partial charge in [-0.3, -0.25) is 4.79 Å². The van der Waals surface area contributed by atoms with Crippen LogP contribution in [-0.2, 0) is 29.6 Å². The third-order valence-corrected chi connectivity index (χ3v) is 5.16. The molecule has 0 saturated carbocycles. The second-order valence-electron chi connectivity index (χ2n) is 5.90. The lowest BCUT2D eigenvalue weighted by atomic mass is 10.0. The highest BCUT2D eigenvalue weighted by atomic mass is 32.2. The fraction of sp³-hybridized carbons (Fsp3) is 0.211. The van der Waals surface area contributed by atoms with Crippen molar-refractivity contribution in [1.82, 2.24) is 0 Å². The minimum absolute atomic E-state index is 0.291. The fourth-order valence-electron chi connectivity index (χ4n) is 2.82. The summed E-state index contributed by atoms with van der Waals surface area (Å²) < 4.78 is 45.7. The van der Waals surface area contributed by atoms with Crippen molar-refractivity contribution in [3.05, 3.63) is 71.3 Å². The van der Waals surface area contributed by atoms with Crippen LogP contribution in [0.25, 0.3) is 0 Å². The van der Waals surface area contributed by atoms with Crippen LogP contribution in [0.5, 0.6) is 11.5 Å². The molecular formula is C19H19NO7S. The summed E-state index contributed by atoms with van der Waals surface area (Å²) in [5, 5.41) is 0. The number of hydrogen-bond donors (Lipinski definition) is 1. The predicted octanol–water partition coefficient (Wildman–Crippen LogP) is 2.02. The lowest BCUT2D eigenvalue weighted by Crippen LogP contribution is -2.17. The Kier molecular flexibility index (Phi) is 5.46. The predicted molar refractivity (Wildman–Crippen MR) is 99.7 cm³/mol. The molecule has 2 aromatic rings. The number of Topliss-reactive ketones (excluding diaryl/α,β-unsaturated/α-hetero) is 1. The molecule has 28 heavy (non-hydrogen) atoms. The van der Waals surface area contributed by atoms with E-state index in [1.165, 1.54) is 14.2 Å². The maximum Gasteiger partial charge on any atom is 0.313 e. The standard InChI is InChI=1S/C19H19NO7S/c1-24-13-9-6-10-14(25-2)15(13)17-16(21)18(19(20)26-17)27-28(22,23)11-12-7-4-3-5-8-12/h3-10,17H,11,20H2,1-2H3. The Labute approximate surface area is 162 Å². The van der Waals surface area contributed by atoms with Gasteiger partial charge >= 0.3 is 10.1 Å². The van der Waals surface area contributed by atoms with E-state index in [9.17, 15) is 13.2 Å². The van der Waals surface area contributed by atoms with Crippen LogP contribution in [0.1, 0.15) is 17.2 Å². The van der Waals surface area contributed by atoms with Gasteiger partial charge in [-0.2, -0.15) is 8.42 Å². The molecule has 8 nitrogen and oxygen atoms in total.